The summed E-state index contributed by atoms with van der Waals surface area (Å²) in [5.41, 5.74) is 10.6. The van der Waals surface area contributed by atoms with E-state index in [1.54, 1.807) is 0 Å². The van der Waals surface area contributed by atoms with Crippen LogP contribution < -0.4 is 11.5 Å². The van der Waals surface area contributed by atoms with E-state index in [1.807, 2.05) is 0 Å². The third-order valence-electron chi connectivity index (χ3n) is 2.58. The number of hydrogen-bond acceptors (Lipinski definition) is 3. The summed E-state index contributed by atoms with van der Waals surface area (Å²) >= 11 is 0. The zero-order valence-corrected chi connectivity index (χ0v) is 7.07. The highest BCUT2D eigenvalue weighted by molar-refractivity contribution is 5.78. The molecular weight excluding hydrogens is 156 g/mol. The van der Waals surface area contributed by atoms with Crippen molar-refractivity contribution in [2.45, 2.75) is 37.8 Å². The van der Waals surface area contributed by atoms with Gasteiger partial charge in [-0.1, -0.05) is 6.42 Å². The van der Waals surface area contributed by atoms with Crippen LogP contribution in [0.15, 0.2) is 0 Å². The average molecular weight is 172 g/mol. The minimum absolute atomic E-state index is 0.0683. The Hall–Kier alpha value is -0.610. The topological polar surface area (TPSA) is 89.3 Å². The van der Waals surface area contributed by atoms with E-state index in [-0.39, 0.29) is 6.04 Å². The van der Waals surface area contributed by atoms with Crippen LogP contribution in [0, 0.1) is 5.92 Å². The molecule has 1 aliphatic carbocycles. The van der Waals surface area contributed by atoms with Crippen molar-refractivity contribution in [1.29, 1.82) is 0 Å². The van der Waals surface area contributed by atoms with Gasteiger partial charge in [-0.2, -0.15) is 0 Å². The van der Waals surface area contributed by atoms with Gasteiger partial charge in [0, 0.05) is 6.04 Å². The Labute approximate surface area is 71.9 Å². The van der Waals surface area contributed by atoms with Gasteiger partial charge in [-0.05, 0) is 25.2 Å². The summed E-state index contributed by atoms with van der Waals surface area (Å²) in [6.45, 7) is 0. The first kappa shape index (κ1) is 9.48. The molecule has 70 valence electrons. The lowest BCUT2D eigenvalue weighted by atomic mass is 9.78. The normalized spacial score (nSPS) is 22.8. The number of primary amides is 1. The molecule has 4 heteroatoms. The Morgan fingerprint density at radius 2 is 2.17 bits per heavy atom. The Morgan fingerprint density at radius 3 is 2.50 bits per heavy atom. The summed E-state index contributed by atoms with van der Waals surface area (Å²) < 4.78 is 0. The molecule has 0 spiro atoms. The van der Waals surface area contributed by atoms with Gasteiger partial charge in [0.05, 0.1) is 0 Å². The van der Waals surface area contributed by atoms with Crippen molar-refractivity contribution in [2.24, 2.45) is 17.4 Å². The molecule has 4 nitrogen and oxygen atoms in total. The van der Waals surface area contributed by atoms with Crippen molar-refractivity contribution < 1.29 is 9.90 Å². The molecule has 0 radical (unpaired) electrons. The first-order valence-electron chi connectivity index (χ1n) is 4.34. The summed E-state index contributed by atoms with van der Waals surface area (Å²) in [6, 6.07) is -0.0683. The van der Waals surface area contributed by atoms with E-state index < -0.39 is 12.0 Å². The quantitative estimate of drug-likeness (QED) is 0.526. The number of aliphatic hydroxyl groups is 1. The van der Waals surface area contributed by atoms with Crippen LogP contribution >= 0.6 is 0 Å². The molecule has 1 aliphatic rings. The molecule has 0 aromatic heterocycles. The molecule has 2 atom stereocenters. The predicted molar refractivity (Wildman–Crippen MR) is 45.1 cm³/mol. The summed E-state index contributed by atoms with van der Waals surface area (Å²) in [4.78, 5) is 10.5. The van der Waals surface area contributed by atoms with E-state index in [4.69, 9.17) is 16.6 Å². The molecular formula is C8H16N2O2. The maximum Gasteiger partial charge on any atom is 0.246 e. The third-order valence-corrected chi connectivity index (χ3v) is 2.58. The van der Waals surface area contributed by atoms with Gasteiger partial charge in [0.25, 0.3) is 0 Å². The van der Waals surface area contributed by atoms with Crippen molar-refractivity contribution in [3.8, 4) is 0 Å². The van der Waals surface area contributed by atoms with Gasteiger partial charge < -0.3 is 16.6 Å². The molecule has 0 bridgehead atoms. The smallest absolute Gasteiger partial charge is 0.246 e. The molecule has 0 aromatic rings. The van der Waals surface area contributed by atoms with E-state index in [0.29, 0.717) is 12.3 Å². The molecule has 5 N–H and O–H groups in total. The number of carbonyl (C=O) groups excluding carboxylic acids is 1. The highest BCUT2D eigenvalue weighted by Gasteiger charge is 2.27. The zero-order valence-electron chi connectivity index (χ0n) is 7.07. The van der Waals surface area contributed by atoms with E-state index in [0.717, 1.165) is 12.8 Å². The molecule has 1 saturated carbocycles. The number of carbonyl (C=O) groups is 1. The minimum atomic E-state index is -1.07. The fourth-order valence-corrected chi connectivity index (χ4v) is 1.43. The van der Waals surface area contributed by atoms with Gasteiger partial charge in [-0.25, -0.2) is 0 Å². The second-order valence-electron chi connectivity index (χ2n) is 3.51. The first-order chi connectivity index (χ1) is 5.61. The summed E-state index contributed by atoms with van der Waals surface area (Å²) in [7, 11) is 0. The average Bonchev–Trinajstić information content (AvgIpc) is 1.82. The van der Waals surface area contributed by atoms with Crippen molar-refractivity contribution in [3.05, 3.63) is 0 Å². The largest absolute Gasteiger partial charge is 0.383 e. The van der Waals surface area contributed by atoms with Gasteiger partial charge in [0.15, 0.2) is 0 Å². The van der Waals surface area contributed by atoms with E-state index in [9.17, 15) is 4.79 Å². The zero-order chi connectivity index (χ0) is 9.14. The van der Waals surface area contributed by atoms with E-state index in [2.05, 4.69) is 0 Å². The van der Waals surface area contributed by atoms with Crippen molar-refractivity contribution in [1.82, 2.24) is 0 Å². The summed E-state index contributed by atoms with van der Waals surface area (Å²) in [6.07, 6.45) is 2.69. The molecule has 0 aromatic carbocycles. The standard InChI is InChI=1S/C8H16N2O2/c9-6(5-2-1-3-5)4-7(11)8(10)12/h5-7,11H,1-4,9H2,(H2,10,12). The molecule has 0 heterocycles. The summed E-state index contributed by atoms with van der Waals surface area (Å²) in [5.74, 6) is -0.191. The molecule has 0 saturated heterocycles. The van der Waals surface area contributed by atoms with E-state index in [1.165, 1.54) is 6.42 Å². The number of aliphatic hydroxyl groups excluding tert-OH is 1. The van der Waals surface area contributed by atoms with Crippen LogP contribution in [0.4, 0.5) is 0 Å². The number of nitrogens with two attached hydrogens (primary N) is 2. The number of hydrogen-bond donors (Lipinski definition) is 3. The van der Waals surface area contributed by atoms with Crippen LogP contribution in [-0.4, -0.2) is 23.2 Å². The number of amides is 1. The van der Waals surface area contributed by atoms with Crippen LogP contribution in [0.1, 0.15) is 25.7 Å². The lowest BCUT2D eigenvalue weighted by molar-refractivity contribution is -0.126. The van der Waals surface area contributed by atoms with Crippen molar-refractivity contribution >= 4 is 5.91 Å². The molecule has 1 rings (SSSR count). The molecule has 0 aliphatic heterocycles. The predicted octanol–water partition coefficient (Wildman–Crippen LogP) is -0.650. The van der Waals surface area contributed by atoms with Crippen LogP contribution in [0.5, 0.6) is 0 Å². The van der Waals surface area contributed by atoms with E-state index >= 15 is 0 Å². The number of rotatable bonds is 4. The lowest BCUT2D eigenvalue weighted by Crippen LogP contribution is -2.41. The van der Waals surface area contributed by atoms with Crippen molar-refractivity contribution in [3.63, 3.8) is 0 Å². The third kappa shape index (κ3) is 2.19. The second-order valence-corrected chi connectivity index (χ2v) is 3.51. The highest BCUT2D eigenvalue weighted by atomic mass is 16.3. The van der Waals surface area contributed by atoms with Gasteiger partial charge in [-0.15, -0.1) is 0 Å². The van der Waals surface area contributed by atoms with Crippen LogP contribution in [0.3, 0.4) is 0 Å². The fourth-order valence-electron chi connectivity index (χ4n) is 1.43. The second kappa shape index (κ2) is 3.87. The van der Waals surface area contributed by atoms with Gasteiger partial charge in [-0.3, -0.25) is 4.79 Å². The van der Waals surface area contributed by atoms with Crippen LogP contribution in [0.25, 0.3) is 0 Å². The fraction of sp³-hybridized carbons (Fsp3) is 0.875. The van der Waals surface area contributed by atoms with Gasteiger partial charge in [0.1, 0.15) is 6.10 Å². The Balaban J connectivity index is 2.24. The maximum absolute atomic E-state index is 10.5. The van der Waals surface area contributed by atoms with Crippen molar-refractivity contribution in [2.75, 3.05) is 0 Å². The molecule has 1 amide bonds. The molecule has 1 fully saturated rings. The molecule has 2 unspecified atom stereocenters. The lowest BCUT2D eigenvalue weighted by Gasteiger charge is -2.31. The maximum atomic E-state index is 10.5. The van der Waals surface area contributed by atoms with Crippen LogP contribution in [-0.2, 0) is 4.79 Å². The SMILES string of the molecule is NC(=O)C(O)CC(N)C1CCC1. The molecule has 12 heavy (non-hydrogen) atoms. The monoisotopic (exact) mass is 172 g/mol. The van der Waals surface area contributed by atoms with Gasteiger partial charge in [0.2, 0.25) is 5.91 Å². The Kier molecular flexibility index (Phi) is 3.05. The Bertz CT molecular complexity index is 168. The minimum Gasteiger partial charge on any atom is -0.383 e. The first-order valence-corrected chi connectivity index (χ1v) is 4.34. The van der Waals surface area contributed by atoms with Gasteiger partial charge >= 0.3 is 0 Å². The Morgan fingerprint density at radius 1 is 1.58 bits per heavy atom. The highest BCUT2D eigenvalue weighted by Crippen LogP contribution is 2.30. The summed E-state index contributed by atoms with van der Waals surface area (Å²) in [5, 5.41) is 9.11. The van der Waals surface area contributed by atoms with Crippen LogP contribution in [0.2, 0.25) is 0 Å².